The zero-order chi connectivity index (χ0) is 18.4. The monoisotopic (exact) mass is 355 g/mol. The largest absolute Gasteiger partial charge is 0.384 e. The molecule has 1 aromatic rings. The molecule has 0 radical (unpaired) electrons. The van der Waals surface area contributed by atoms with Crippen LogP contribution in [-0.4, -0.2) is 11.5 Å². The third-order valence-electron chi connectivity index (χ3n) is 4.24. The number of rotatable bonds is 6. The number of nitrogens with zero attached hydrogens (tertiary/aromatic N) is 2. The molecule has 0 unspecified atom stereocenters. The predicted molar refractivity (Wildman–Crippen MR) is 110 cm³/mol. The average molecular weight is 356 g/mol. The summed E-state index contributed by atoms with van der Waals surface area (Å²) in [6, 6.07) is 5.90. The molecule has 0 fully saturated rings. The van der Waals surface area contributed by atoms with E-state index in [4.69, 9.17) is 17.3 Å². The highest BCUT2D eigenvalue weighted by molar-refractivity contribution is 6.32. The van der Waals surface area contributed by atoms with Crippen LogP contribution in [0.3, 0.4) is 0 Å². The number of nitrogens with two attached hydrogens (primary N) is 1. The van der Waals surface area contributed by atoms with Gasteiger partial charge in [0.05, 0.1) is 11.4 Å². The van der Waals surface area contributed by atoms with Crippen molar-refractivity contribution < 1.29 is 0 Å². The van der Waals surface area contributed by atoms with E-state index in [1.54, 1.807) is 0 Å². The third kappa shape index (κ3) is 5.17. The van der Waals surface area contributed by atoms with Gasteiger partial charge in [0.25, 0.3) is 0 Å². The van der Waals surface area contributed by atoms with E-state index in [0.29, 0.717) is 16.6 Å². The number of hydrogen-bond acceptors (Lipinski definition) is 2. The van der Waals surface area contributed by atoms with E-state index in [1.165, 1.54) is 11.3 Å². The lowest BCUT2D eigenvalue weighted by molar-refractivity contribution is 0.986. The minimum atomic E-state index is 0.403. The lowest BCUT2D eigenvalue weighted by Gasteiger charge is -2.12. The molecular weight excluding hydrogens is 330 g/mol. The summed E-state index contributed by atoms with van der Waals surface area (Å²) in [6.45, 7) is 10.3. The molecule has 132 valence electrons. The Labute approximate surface area is 155 Å². The number of amidine groups is 1. The summed E-state index contributed by atoms with van der Waals surface area (Å²) in [5.74, 6) is 0.403. The molecule has 0 aliphatic carbocycles. The Balaban J connectivity index is 2.22. The van der Waals surface area contributed by atoms with Gasteiger partial charge in [0, 0.05) is 16.3 Å². The first-order valence-electron chi connectivity index (χ1n) is 8.71. The molecule has 1 aliphatic rings. The zero-order valence-corrected chi connectivity index (χ0v) is 16.0. The van der Waals surface area contributed by atoms with Crippen LogP contribution in [0.15, 0.2) is 58.2 Å². The molecule has 0 saturated carbocycles. The van der Waals surface area contributed by atoms with Crippen LogP contribution in [0.2, 0.25) is 5.02 Å². The molecule has 0 aromatic heterocycles. The Bertz CT molecular complexity index is 782. The van der Waals surface area contributed by atoms with E-state index >= 15 is 0 Å². The number of aryl methyl sites for hydroxylation is 1. The van der Waals surface area contributed by atoms with E-state index in [1.807, 2.05) is 31.2 Å². The highest BCUT2D eigenvalue weighted by Gasteiger charge is 2.08. The lowest BCUT2D eigenvalue weighted by Crippen LogP contribution is -2.10. The second-order valence-electron chi connectivity index (χ2n) is 6.14. The predicted octanol–water partition coefficient (Wildman–Crippen LogP) is 5.71. The summed E-state index contributed by atoms with van der Waals surface area (Å²) in [4.78, 5) is 9.10. The first-order chi connectivity index (χ1) is 11.9. The zero-order valence-electron chi connectivity index (χ0n) is 15.3. The number of halogens is 1. The molecule has 0 atom stereocenters. The van der Waals surface area contributed by atoms with Gasteiger partial charge in [0.2, 0.25) is 0 Å². The summed E-state index contributed by atoms with van der Waals surface area (Å²) < 4.78 is 0. The van der Waals surface area contributed by atoms with Crippen LogP contribution in [0, 0.1) is 0 Å². The number of allylic oxidation sites excluding steroid dienone is 2. The van der Waals surface area contributed by atoms with E-state index in [9.17, 15) is 0 Å². The van der Waals surface area contributed by atoms with E-state index in [0.717, 1.165) is 42.5 Å². The van der Waals surface area contributed by atoms with Gasteiger partial charge in [-0.3, -0.25) is 4.99 Å². The lowest BCUT2D eigenvalue weighted by atomic mass is 10.0. The van der Waals surface area contributed by atoms with Crippen LogP contribution in [0.5, 0.6) is 0 Å². The maximum Gasteiger partial charge on any atom is 0.124 e. The smallest absolute Gasteiger partial charge is 0.124 e. The summed E-state index contributed by atoms with van der Waals surface area (Å²) in [5.41, 5.74) is 11.9. The Hall–Kier alpha value is -2.13. The molecule has 1 heterocycles. The molecule has 0 amide bonds. The molecule has 1 aliphatic heterocycles. The fourth-order valence-electron chi connectivity index (χ4n) is 2.71. The molecule has 25 heavy (non-hydrogen) atoms. The van der Waals surface area contributed by atoms with Gasteiger partial charge in [-0.15, -0.1) is 0 Å². The third-order valence-corrected chi connectivity index (χ3v) is 4.57. The maximum absolute atomic E-state index is 6.28. The summed E-state index contributed by atoms with van der Waals surface area (Å²) in [5, 5.41) is 0.631. The van der Waals surface area contributed by atoms with Crippen molar-refractivity contribution in [2.45, 2.75) is 46.5 Å². The molecule has 2 N–H and O–H groups in total. The molecular formula is C21H26ClN3. The maximum atomic E-state index is 6.28. The summed E-state index contributed by atoms with van der Waals surface area (Å²) in [7, 11) is 0. The topological polar surface area (TPSA) is 50.7 Å². The van der Waals surface area contributed by atoms with Crippen LogP contribution in [-0.2, 0) is 6.42 Å². The second kappa shape index (κ2) is 8.82. The van der Waals surface area contributed by atoms with Gasteiger partial charge in [-0.25, -0.2) is 4.99 Å². The summed E-state index contributed by atoms with van der Waals surface area (Å²) in [6.07, 6.45) is 7.97. The van der Waals surface area contributed by atoms with Gasteiger partial charge >= 0.3 is 0 Å². The minimum Gasteiger partial charge on any atom is -0.384 e. The first-order valence-corrected chi connectivity index (χ1v) is 9.09. The fourth-order valence-corrected chi connectivity index (χ4v) is 2.94. The van der Waals surface area contributed by atoms with Crippen molar-refractivity contribution in [3.05, 3.63) is 64.3 Å². The molecule has 0 saturated heterocycles. The van der Waals surface area contributed by atoms with Crippen molar-refractivity contribution in [3.63, 3.8) is 0 Å². The standard InChI is InChI=1S/C21H26ClN3/c1-5-16-10-11-19(22)18(13-16)15(4)24-21(23)12-14(3)20-9-7-8-17(6-2)25-20/h9-13H,4-8H2,1-3H3,(H2,23,24)/b14-12+. The van der Waals surface area contributed by atoms with Gasteiger partial charge < -0.3 is 5.73 Å². The molecule has 1 aromatic carbocycles. The van der Waals surface area contributed by atoms with E-state index < -0.39 is 0 Å². The van der Waals surface area contributed by atoms with E-state index in [-0.39, 0.29) is 0 Å². The molecule has 4 heteroatoms. The summed E-state index contributed by atoms with van der Waals surface area (Å²) >= 11 is 6.28. The highest BCUT2D eigenvalue weighted by Crippen LogP contribution is 2.25. The van der Waals surface area contributed by atoms with Crippen LogP contribution in [0.4, 0.5) is 0 Å². The normalized spacial score (nSPS) is 15.7. The average Bonchev–Trinajstić information content (AvgIpc) is 2.61. The number of aliphatic imine (C=N–C) groups is 2. The number of benzene rings is 1. The quantitative estimate of drug-likeness (QED) is 0.516. The molecule has 3 nitrogen and oxygen atoms in total. The van der Waals surface area contributed by atoms with Gasteiger partial charge in [-0.2, -0.15) is 0 Å². The van der Waals surface area contributed by atoms with Crippen molar-refractivity contribution >= 4 is 28.8 Å². The van der Waals surface area contributed by atoms with Crippen LogP contribution < -0.4 is 5.73 Å². The molecule has 2 rings (SSSR count). The highest BCUT2D eigenvalue weighted by atomic mass is 35.5. The Morgan fingerprint density at radius 2 is 2.12 bits per heavy atom. The van der Waals surface area contributed by atoms with Crippen LogP contribution in [0.1, 0.15) is 51.2 Å². The van der Waals surface area contributed by atoms with Gasteiger partial charge in [0.1, 0.15) is 5.84 Å². The van der Waals surface area contributed by atoms with Crippen LogP contribution >= 0.6 is 11.6 Å². The Morgan fingerprint density at radius 1 is 1.36 bits per heavy atom. The second-order valence-corrected chi connectivity index (χ2v) is 6.55. The van der Waals surface area contributed by atoms with Gasteiger partial charge in [-0.1, -0.05) is 44.2 Å². The SMILES string of the molecule is C=C(N=C(N)/C=C(\C)C1=CCCC(CC)=N1)c1cc(CC)ccc1Cl. The Morgan fingerprint density at radius 3 is 2.80 bits per heavy atom. The molecule has 0 spiro atoms. The van der Waals surface area contributed by atoms with Crippen molar-refractivity contribution in [1.82, 2.24) is 0 Å². The van der Waals surface area contributed by atoms with Crippen molar-refractivity contribution in [2.75, 3.05) is 0 Å². The Kier molecular flexibility index (Phi) is 6.77. The molecule has 0 bridgehead atoms. The van der Waals surface area contributed by atoms with Gasteiger partial charge in [0.15, 0.2) is 0 Å². The van der Waals surface area contributed by atoms with E-state index in [2.05, 4.69) is 36.5 Å². The number of hydrogen-bond donors (Lipinski definition) is 1. The fraction of sp³-hybridized carbons (Fsp3) is 0.333. The first kappa shape index (κ1) is 19.2. The van der Waals surface area contributed by atoms with Crippen molar-refractivity contribution in [2.24, 2.45) is 15.7 Å². The van der Waals surface area contributed by atoms with Crippen molar-refractivity contribution in [1.29, 1.82) is 0 Å². The van der Waals surface area contributed by atoms with Gasteiger partial charge in [-0.05, 0) is 62.0 Å². The minimum absolute atomic E-state index is 0.403. The van der Waals surface area contributed by atoms with Crippen molar-refractivity contribution in [3.8, 4) is 0 Å². The van der Waals surface area contributed by atoms with Crippen LogP contribution in [0.25, 0.3) is 5.70 Å².